The van der Waals surface area contributed by atoms with E-state index in [1.807, 2.05) is 0 Å². The lowest BCUT2D eigenvalue weighted by Crippen LogP contribution is -2.41. The first-order valence-electron chi connectivity index (χ1n) is 8.86. The second kappa shape index (κ2) is 9.55. The zero-order valence-electron chi connectivity index (χ0n) is 14.8. The molecule has 1 aliphatic rings. The normalized spacial score (nSPS) is 15.6. The molecule has 0 aliphatic heterocycles. The van der Waals surface area contributed by atoms with E-state index in [-0.39, 0.29) is 12.1 Å². The van der Waals surface area contributed by atoms with Crippen LogP contribution in [0, 0.1) is 0 Å². The van der Waals surface area contributed by atoms with Crippen LogP contribution < -0.4 is 10.6 Å². The average Bonchev–Trinajstić information content (AvgIpc) is 2.66. The number of carbonyl (C=O) groups is 2. The first-order chi connectivity index (χ1) is 12.8. The number of benzene rings is 1. The number of rotatable bonds is 6. The maximum absolute atomic E-state index is 12.5. The molecule has 1 unspecified atom stereocenters. The third kappa shape index (κ3) is 6.71. The summed E-state index contributed by atoms with van der Waals surface area (Å²) in [5, 5.41) is 14.8. The van der Waals surface area contributed by atoms with Gasteiger partial charge in [-0.2, -0.15) is 13.2 Å². The van der Waals surface area contributed by atoms with Crippen molar-refractivity contribution in [1.29, 1.82) is 0 Å². The Balaban J connectivity index is 1.73. The fourth-order valence-corrected chi connectivity index (χ4v) is 2.83. The lowest BCUT2D eigenvalue weighted by molar-refractivity contribution is -0.139. The minimum atomic E-state index is -4.45. The molecule has 0 spiro atoms. The Hall–Kier alpha value is -2.35. The molecule has 5 nitrogen and oxygen atoms in total. The summed E-state index contributed by atoms with van der Waals surface area (Å²) in [6, 6.07) is 3.98. The van der Waals surface area contributed by atoms with Gasteiger partial charge in [0.2, 0.25) is 0 Å². The van der Waals surface area contributed by atoms with Crippen LogP contribution in [-0.4, -0.2) is 30.0 Å². The number of hydrogen-bond donors (Lipinski definition) is 3. The molecule has 1 aromatic rings. The predicted molar refractivity (Wildman–Crippen MR) is 93.6 cm³/mol. The summed E-state index contributed by atoms with van der Waals surface area (Å²) in [6.45, 7) is 0.0856. The van der Waals surface area contributed by atoms with Crippen LogP contribution >= 0.6 is 0 Å². The van der Waals surface area contributed by atoms with Gasteiger partial charge in [0, 0.05) is 13.1 Å². The average molecular weight is 384 g/mol. The molecule has 1 aliphatic carbocycles. The van der Waals surface area contributed by atoms with E-state index in [0.717, 1.165) is 43.5 Å². The summed E-state index contributed by atoms with van der Waals surface area (Å²) in [4.78, 5) is 23.5. The molecule has 2 rings (SSSR count). The van der Waals surface area contributed by atoms with E-state index in [1.165, 1.54) is 12.0 Å². The highest BCUT2D eigenvalue weighted by Crippen LogP contribution is 2.29. The van der Waals surface area contributed by atoms with Crippen LogP contribution in [0.25, 0.3) is 0 Å². The van der Waals surface area contributed by atoms with Gasteiger partial charge in [-0.15, -0.1) is 0 Å². The SMILES string of the molecule is O=C(NCCC1=CCCCC1)C(=O)NCC(O)c1ccc(C(F)(F)F)cc1. The summed E-state index contributed by atoms with van der Waals surface area (Å²) >= 11 is 0. The molecule has 0 saturated heterocycles. The van der Waals surface area contributed by atoms with Gasteiger partial charge in [0.25, 0.3) is 0 Å². The van der Waals surface area contributed by atoms with Crippen molar-refractivity contribution in [2.45, 2.75) is 44.4 Å². The lowest BCUT2D eigenvalue weighted by atomic mass is 9.97. The monoisotopic (exact) mass is 384 g/mol. The molecule has 0 aromatic heterocycles. The van der Waals surface area contributed by atoms with Gasteiger partial charge in [-0.05, 0) is 49.8 Å². The molecule has 1 aromatic carbocycles. The lowest BCUT2D eigenvalue weighted by Gasteiger charge is -2.14. The summed E-state index contributed by atoms with van der Waals surface area (Å²) < 4.78 is 37.5. The van der Waals surface area contributed by atoms with Crippen LogP contribution in [0.15, 0.2) is 35.9 Å². The number of carbonyl (C=O) groups excluding carboxylic acids is 2. The predicted octanol–water partition coefficient (Wildman–Crippen LogP) is 2.86. The van der Waals surface area contributed by atoms with Gasteiger partial charge in [0.05, 0.1) is 11.7 Å². The second-order valence-electron chi connectivity index (χ2n) is 6.46. The zero-order chi connectivity index (χ0) is 19.9. The van der Waals surface area contributed by atoms with Gasteiger partial charge in [-0.3, -0.25) is 9.59 Å². The minimum absolute atomic E-state index is 0.216. The van der Waals surface area contributed by atoms with Crippen LogP contribution in [0.4, 0.5) is 13.2 Å². The van der Waals surface area contributed by atoms with Crippen LogP contribution in [0.1, 0.15) is 49.3 Å². The standard InChI is InChI=1S/C19H23F3N2O3/c20-19(21,22)15-8-6-14(7-9-15)16(25)12-24-18(27)17(26)23-11-10-13-4-2-1-3-5-13/h4,6-9,16,25H,1-3,5,10-12H2,(H,23,26)(H,24,27). The van der Waals surface area contributed by atoms with Crippen molar-refractivity contribution in [3.8, 4) is 0 Å². The fourth-order valence-electron chi connectivity index (χ4n) is 2.83. The highest BCUT2D eigenvalue weighted by Gasteiger charge is 2.30. The van der Waals surface area contributed by atoms with Crippen molar-refractivity contribution in [1.82, 2.24) is 10.6 Å². The smallest absolute Gasteiger partial charge is 0.387 e. The van der Waals surface area contributed by atoms with Crippen LogP contribution in [0.3, 0.4) is 0 Å². The third-order valence-electron chi connectivity index (χ3n) is 4.40. The third-order valence-corrected chi connectivity index (χ3v) is 4.40. The van der Waals surface area contributed by atoms with Crippen molar-refractivity contribution >= 4 is 11.8 Å². The summed E-state index contributed by atoms with van der Waals surface area (Å²) in [5.41, 5.74) is 0.669. The van der Waals surface area contributed by atoms with E-state index >= 15 is 0 Å². The van der Waals surface area contributed by atoms with Gasteiger partial charge in [0.15, 0.2) is 0 Å². The number of aliphatic hydroxyl groups excluding tert-OH is 1. The number of amides is 2. The van der Waals surface area contributed by atoms with E-state index in [2.05, 4.69) is 16.7 Å². The van der Waals surface area contributed by atoms with Crippen molar-refractivity contribution in [3.63, 3.8) is 0 Å². The van der Waals surface area contributed by atoms with Crippen molar-refractivity contribution < 1.29 is 27.9 Å². The molecule has 8 heteroatoms. The van der Waals surface area contributed by atoms with Crippen LogP contribution in [0.5, 0.6) is 0 Å². The van der Waals surface area contributed by atoms with E-state index in [1.54, 1.807) is 0 Å². The Kier molecular flexibility index (Phi) is 7.41. The van der Waals surface area contributed by atoms with Gasteiger partial charge in [-0.25, -0.2) is 0 Å². The molecule has 148 valence electrons. The van der Waals surface area contributed by atoms with Crippen molar-refractivity contribution in [2.24, 2.45) is 0 Å². The van der Waals surface area contributed by atoms with Crippen LogP contribution in [-0.2, 0) is 15.8 Å². The Morgan fingerprint density at radius 1 is 1.07 bits per heavy atom. The molecular formula is C19H23F3N2O3. The molecule has 0 radical (unpaired) electrons. The quantitative estimate of drug-likeness (QED) is 0.521. The van der Waals surface area contributed by atoms with E-state index in [4.69, 9.17) is 0 Å². The molecule has 1 atom stereocenters. The Morgan fingerprint density at radius 3 is 2.33 bits per heavy atom. The summed E-state index contributed by atoms with van der Waals surface area (Å²) in [6.07, 6.45) is 1.58. The second-order valence-corrected chi connectivity index (χ2v) is 6.46. The number of halogens is 3. The fraction of sp³-hybridized carbons (Fsp3) is 0.474. The maximum Gasteiger partial charge on any atom is 0.416 e. The highest BCUT2D eigenvalue weighted by molar-refractivity contribution is 6.35. The molecule has 2 amide bonds. The van der Waals surface area contributed by atoms with E-state index in [9.17, 15) is 27.9 Å². The molecular weight excluding hydrogens is 361 g/mol. The summed E-state index contributed by atoms with van der Waals surface area (Å²) in [5.74, 6) is -1.69. The first kappa shape index (κ1) is 21.0. The largest absolute Gasteiger partial charge is 0.416 e. The molecule has 0 fully saturated rings. The van der Waals surface area contributed by atoms with Crippen molar-refractivity contribution in [3.05, 3.63) is 47.0 Å². The van der Waals surface area contributed by atoms with Gasteiger partial charge in [0.1, 0.15) is 0 Å². The van der Waals surface area contributed by atoms with Gasteiger partial charge >= 0.3 is 18.0 Å². The molecule has 3 N–H and O–H groups in total. The number of nitrogens with one attached hydrogen (secondary N) is 2. The zero-order valence-corrected chi connectivity index (χ0v) is 14.8. The Bertz CT molecular complexity index is 684. The minimum Gasteiger partial charge on any atom is -0.387 e. The number of allylic oxidation sites excluding steroid dienone is 1. The molecule has 0 saturated carbocycles. The topological polar surface area (TPSA) is 78.4 Å². The first-order valence-corrected chi connectivity index (χ1v) is 8.86. The number of aliphatic hydroxyl groups is 1. The van der Waals surface area contributed by atoms with E-state index in [0.29, 0.717) is 13.0 Å². The number of hydrogen-bond acceptors (Lipinski definition) is 3. The molecule has 0 heterocycles. The molecule has 27 heavy (non-hydrogen) atoms. The highest BCUT2D eigenvalue weighted by atomic mass is 19.4. The summed E-state index contributed by atoms with van der Waals surface area (Å²) in [7, 11) is 0. The van der Waals surface area contributed by atoms with Crippen LogP contribution in [0.2, 0.25) is 0 Å². The van der Waals surface area contributed by atoms with Crippen molar-refractivity contribution in [2.75, 3.05) is 13.1 Å². The maximum atomic E-state index is 12.5. The Morgan fingerprint density at radius 2 is 1.74 bits per heavy atom. The van der Waals surface area contributed by atoms with Gasteiger partial charge in [-0.1, -0.05) is 23.8 Å². The van der Waals surface area contributed by atoms with Gasteiger partial charge < -0.3 is 15.7 Å². The van der Waals surface area contributed by atoms with E-state index < -0.39 is 29.7 Å². The molecule has 0 bridgehead atoms. The number of alkyl halides is 3. The Labute approximate surface area is 155 Å².